The first-order chi connectivity index (χ1) is 20.1. The lowest BCUT2D eigenvalue weighted by molar-refractivity contribution is -0.134. The Morgan fingerprint density at radius 2 is 1.56 bits per heavy atom. The van der Waals surface area contributed by atoms with Gasteiger partial charge in [-0.25, -0.2) is 19.2 Å². The van der Waals surface area contributed by atoms with Crippen molar-refractivity contribution >= 4 is 24.0 Å². The van der Waals surface area contributed by atoms with Gasteiger partial charge in [0.25, 0.3) is 0 Å². The van der Waals surface area contributed by atoms with Crippen LogP contribution in [0.4, 0.5) is 18.0 Å². The summed E-state index contributed by atoms with van der Waals surface area (Å²) < 4.78 is 56.5. The SMILES string of the molecule is CCOC(=O)c1c(CCC(F)(F)F)nc([C@@H]2CCCN2C(=O)OC(C)(C)C)c(C(=O)OCC)c1-c1ccc(C(=O)O)cc1. The highest BCUT2D eigenvalue weighted by Crippen LogP contribution is 2.41. The van der Waals surface area contributed by atoms with Crippen molar-refractivity contribution < 1.29 is 51.7 Å². The number of aromatic nitrogens is 1. The van der Waals surface area contributed by atoms with E-state index in [2.05, 4.69) is 4.98 Å². The zero-order valence-corrected chi connectivity index (χ0v) is 24.7. The second-order valence-corrected chi connectivity index (χ2v) is 10.8. The van der Waals surface area contributed by atoms with Crippen LogP contribution in [0.5, 0.6) is 0 Å². The van der Waals surface area contributed by atoms with Crippen molar-refractivity contribution in [3.05, 3.63) is 52.3 Å². The van der Waals surface area contributed by atoms with E-state index in [1.54, 1.807) is 27.7 Å². The number of benzene rings is 1. The average Bonchev–Trinajstić information content (AvgIpc) is 3.40. The maximum absolute atomic E-state index is 13.6. The van der Waals surface area contributed by atoms with E-state index in [1.807, 2.05) is 0 Å². The molecule has 2 aromatic rings. The van der Waals surface area contributed by atoms with Gasteiger partial charge in [-0.3, -0.25) is 9.88 Å². The maximum Gasteiger partial charge on any atom is 0.410 e. The molecule has 0 spiro atoms. The Labute approximate surface area is 247 Å². The van der Waals surface area contributed by atoms with Crippen LogP contribution in [0.25, 0.3) is 11.1 Å². The Balaban J connectivity index is 2.43. The summed E-state index contributed by atoms with van der Waals surface area (Å²) in [5, 5.41) is 9.40. The van der Waals surface area contributed by atoms with Gasteiger partial charge in [-0.1, -0.05) is 12.1 Å². The van der Waals surface area contributed by atoms with Crippen molar-refractivity contribution in [2.75, 3.05) is 19.8 Å². The molecule has 1 aromatic carbocycles. The third-order valence-electron chi connectivity index (χ3n) is 6.52. The molecule has 43 heavy (non-hydrogen) atoms. The van der Waals surface area contributed by atoms with Crippen molar-refractivity contribution in [1.29, 1.82) is 0 Å². The predicted molar refractivity (Wildman–Crippen MR) is 148 cm³/mol. The third-order valence-corrected chi connectivity index (χ3v) is 6.52. The van der Waals surface area contributed by atoms with Crippen molar-refractivity contribution in [1.82, 2.24) is 9.88 Å². The smallest absolute Gasteiger partial charge is 0.410 e. The topological polar surface area (TPSA) is 132 Å². The summed E-state index contributed by atoms with van der Waals surface area (Å²) in [5.74, 6) is -3.17. The number of nitrogens with zero attached hydrogens (tertiary/aromatic N) is 2. The number of hydrogen-bond donors (Lipinski definition) is 1. The number of esters is 2. The van der Waals surface area contributed by atoms with Crippen molar-refractivity contribution in [3.63, 3.8) is 0 Å². The highest BCUT2D eigenvalue weighted by atomic mass is 19.4. The lowest BCUT2D eigenvalue weighted by atomic mass is 9.88. The van der Waals surface area contributed by atoms with E-state index in [-0.39, 0.29) is 59.0 Å². The minimum Gasteiger partial charge on any atom is -0.478 e. The summed E-state index contributed by atoms with van der Waals surface area (Å²) in [7, 11) is 0. The van der Waals surface area contributed by atoms with Crippen LogP contribution in [0.1, 0.15) is 102 Å². The standard InChI is InChI=1S/C30H35F3N2O8/c1-6-41-26(38)22-19(14-15-30(31,32)33)34-24(20-9-8-16-35(20)28(40)43-29(3,4)5)23(27(39)42-7-2)21(22)17-10-12-18(13-11-17)25(36)37/h10-13,20H,6-9,14-16H2,1-5H3,(H,36,37)/t20-/m0/s1. The van der Waals surface area contributed by atoms with Crippen LogP contribution in [-0.4, -0.2) is 70.5 Å². The number of carbonyl (C=O) groups is 4. The van der Waals surface area contributed by atoms with Gasteiger partial charge in [-0.15, -0.1) is 0 Å². The number of halogens is 3. The van der Waals surface area contributed by atoms with Crippen molar-refractivity contribution in [3.8, 4) is 11.1 Å². The number of rotatable bonds is 9. The minimum absolute atomic E-state index is 0.0515. The lowest BCUT2D eigenvalue weighted by Crippen LogP contribution is -2.37. The largest absolute Gasteiger partial charge is 0.478 e. The van der Waals surface area contributed by atoms with Crippen molar-refractivity contribution in [2.45, 2.75) is 78.1 Å². The van der Waals surface area contributed by atoms with E-state index in [4.69, 9.17) is 14.2 Å². The number of aryl methyl sites for hydroxylation is 1. The van der Waals surface area contributed by atoms with Gasteiger partial charge in [-0.05, 0) is 71.6 Å². The molecule has 1 atom stereocenters. The molecular weight excluding hydrogens is 573 g/mol. The third kappa shape index (κ3) is 8.23. The molecule has 13 heteroatoms. The number of ether oxygens (including phenoxy) is 3. The van der Waals surface area contributed by atoms with E-state index < -0.39 is 54.7 Å². The van der Waals surface area contributed by atoms with Crippen molar-refractivity contribution in [2.24, 2.45) is 0 Å². The van der Waals surface area contributed by atoms with Gasteiger partial charge in [0.15, 0.2) is 0 Å². The molecule has 0 bridgehead atoms. The quantitative estimate of drug-likeness (QED) is 0.255. The number of carbonyl (C=O) groups excluding carboxylic acids is 3. The van der Waals surface area contributed by atoms with Gasteiger partial charge in [0.2, 0.25) is 0 Å². The van der Waals surface area contributed by atoms with Gasteiger partial charge < -0.3 is 19.3 Å². The van der Waals surface area contributed by atoms with Crippen LogP contribution in [0, 0.1) is 0 Å². The zero-order valence-electron chi connectivity index (χ0n) is 24.7. The first-order valence-corrected chi connectivity index (χ1v) is 13.9. The van der Waals surface area contributed by atoms with Crippen LogP contribution in [0.3, 0.4) is 0 Å². The summed E-state index contributed by atoms with van der Waals surface area (Å²) in [6.45, 7) is 8.13. The highest BCUT2D eigenvalue weighted by Gasteiger charge is 2.40. The molecule has 0 radical (unpaired) electrons. The molecule has 1 N–H and O–H groups in total. The fourth-order valence-corrected chi connectivity index (χ4v) is 4.83. The van der Waals surface area contributed by atoms with E-state index in [0.717, 1.165) is 0 Å². The highest BCUT2D eigenvalue weighted by molar-refractivity contribution is 6.07. The van der Waals surface area contributed by atoms with Crippen LogP contribution in [0.2, 0.25) is 0 Å². The average molecular weight is 609 g/mol. The molecule has 1 fully saturated rings. The molecule has 3 rings (SSSR count). The second-order valence-electron chi connectivity index (χ2n) is 10.8. The Kier molecular flexibility index (Phi) is 10.4. The van der Waals surface area contributed by atoms with Gasteiger partial charge in [0.1, 0.15) is 5.60 Å². The lowest BCUT2D eigenvalue weighted by Gasteiger charge is -2.30. The van der Waals surface area contributed by atoms with E-state index in [0.29, 0.717) is 12.8 Å². The number of carboxylic acid groups (broad SMARTS) is 1. The maximum atomic E-state index is 13.6. The number of alkyl halides is 3. The molecular formula is C30H35F3N2O8. The normalized spacial score (nSPS) is 15.3. The zero-order chi connectivity index (χ0) is 32.1. The number of carboxylic acids is 1. The Morgan fingerprint density at radius 1 is 0.977 bits per heavy atom. The first kappa shape index (κ1) is 33.3. The number of pyridine rings is 1. The fourth-order valence-electron chi connectivity index (χ4n) is 4.83. The Morgan fingerprint density at radius 3 is 2.07 bits per heavy atom. The molecule has 1 aliphatic heterocycles. The first-order valence-electron chi connectivity index (χ1n) is 13.9. The van der Waals surface area contributed by atoms with E-state index >= 15 is 0 Å². The molecule has 234 valence electrons. The molecule has 1 aliphatic rings. The van der Waals surface area contributed by atoms with Gasteiger partial charge in [-0.2, -0.15) is 13.2 Å². The Hall–Kier alpha value is -4.16. The summed E-state index contributed by atoms with van der Waals surface area (Å²) in [6.07, 6.45) is -6.59. The number of aromatic carboxylic acids is 1. The molecule has 10 nitrogen and oxygen atoms in total. The number of amides is 1. The van der Waals surface area contributed by atoms with Crippen LogP contribution >= 0.6 is 0 Å². The van der Waals surface area contributed by atoms with Gasteiger partial charge >= 0.3 is 30.2 Å². The van der Waals surface area contributed by atoms with E-state index in [1.165, 1.54) is 36.1 Å². The summed E-state index contributed by atoms with van der Waals surface area (Å²) in [5.41, 5.74) is -1.87. The van der Waals surface area contributed by atoms with E-state index in [9.17, 15) is 37.5 Å². The summed E-state index contributed by atoms with van der Waals surface area (Å²) in [6, 6.07) is 4.25. The molecule has 1 aromatic heterocycles. The Bertz CT molecular complexity index is 1370. The van der Waals surface area contributed by atoms with Gasteiger partial charge in [0.05, 0.1) is 47.3 Å². The number of likely N-dealkylation sites (tertiary alicyclic amines) is 1. The van der Waals surface area contributed by atoms with Gasteiger partial charge in [0, 0.05) is 18.5 Å². The molecule has 0 aliphatic carbocycles. The van der Waals surface area contributed by atoms with Crippen LogP contribution in [0.15, 0.2) is 24.3 Å². The molecule has 0 unspecified atom stereocenters. The fraction of sp³-hybridized carbons (Fsp3) is 0.500. The monoisotopic (exact) mass is 608 g/mol. The minimum atomic E-state index is -4.60. The molecule has 2 heterocycles. The summed E-state index contributed by atoms with van der Waals surface area (Å²) in [4.78, 5) is 57.6. The summed E-state index contributed by atoms with van der Waals surface area (Å²) >= 11 is 0. The second kappa shape index (κ2) is 13.4. The molecule has 0 saturated carbocycles. The molecule has 1 saturated heterocycles. The van der Waals surface area contributed by atoms with Crippen LogP contribution < -0.4 is 0 Å². The predicted octanol–water partition coefficient (Wildman–Crippen LogP) is 6.37. The van der Waals surface area contributed by atoms with Crippen LogP contribution in [-0.2, 0) is 20.6 Å². The molecule has 1 amide bonds. The number of hydrogen-bond acceptors (Lipinski definition) is 8.